The Bertz CT molecular complexity index is 593. The number of rotatable bonds is 2. The van der Waals surface area contributed by atoms with E-state index in [0.717, 1.165) is 33.6 Å². The smallest absolute Gasteiger partial charge is 0.181 e. The number of nitrogens with zero attached hydrogens (tertiary/aromatic N) is 1. The van der Waals surface area contributed by atoms with Crippen molar-refractivity contribution >= 4 is 33.0 Å². The van der Waals surface area contributed by atoms with Gasteiger partial charge >= 0.3 is 0 Å². The quantitative estimate of drug-likeness (QED) is 0.775. The fraction of sp³-hybridized carbons (Fsp3) is 0.286. The Morgan fingerprint density at radius 3 is 3.06 bits per heavy atom. The van der Waals surface area contributed by atoms with Crippen molar-refractivity contribution in [2.24, 2.45) is 0 Å². The zero-order valence-electron chi connectivity index (χ0n) is 9.73. The van der Waals surface area contributed by atoms with Crippen molar-refractivity contribution in [2.75, 3.05) is 0 Å². The summed E-state index contributed by atoms with van der Waals surface area (Å²) in [6, 6.07) is 7.87. The summed E-state index contributed by atoms with van der Waals surface area (Å²) in [6.07, 6.45) is 4.82. The van der Waals surface area contributed by atoms with Gasteiger partial charge in [-0.1, -0.05) is 6.07 Å². The Labute approximate surface area is 118 Å². The lowest BCUT2D eigenvalue weighted by molar-refractivity contribution is 0.0953. The molecule has 92 valence electrons. The molecule has 0 radical (unpaired) electrons. The maximum absolute atomic E-state index is 12.5. The molecular formula is C14H12BrNOS. The van der Waals surface area contributed by atoms with Gasteiger partial charge in [0.2, 0.25) is 0 Å². The molecule has 0 spiro atoms. The minimum Gasteiger partial charge on any atom is -0.293 e. The number of aryl methyl sites for hydroxylation is 1. The van der Waals surface area contributed by atoms with Gasteiger partial charge in [0, 0.05) is 6.20 Å². The number of carbonyl (C=O) groups excluding carboxylic acids is 1. The highest BCUT2D eigenvalue weighted by Crippen LogP contribution is 2.34. The van der Waals surface area contributed by atoms with Crippen molar-refractivity contribution in [1.82, 2.24) is 4.98 Å². The van der Waals surface area contributed by atoms with Gasteiger partial charge in [-0.25, -0.2) is 0 Å². The van der Waals surface area contributed by atoms with Gasteiger partial charge in [0.05, 0.1) is 20.3 Å². The Balaban J connectivity index is 1.96. The maximum atomic E-state index is 12.5. The van der Waals surface area contributed by atoms with E-state index in [0.29, 0.717) is 0 Å². The van der Waals surface area contributed by atoms with E-state index >= 15 is 0 Å². The van der Waals surface area contributed by atoms with Crippen LogP contribution in [0.5, 0.6) is 0 Å². The number of halogens is 1. The number of hydrogen-bond donors (Lipinski definition) is 0. The largest absolute Gasteiger partial charge is 0.293 e. The molecule has 1 aliphatic rings. The molecule has 3 rings (SSSR count). The second-order valence-corrected chi connectivity index (χ2v) is 6.92. The second kappa shape index (κ2) is 4.94. The van der Waals surface area contributed by atoms with E-state index < -0.39 is 0 Å². The molecule has 0 aromatic carbocycles. The average Bonchev–Trinajstić information content (AvgIpc) is 2.84. The highest BCUT2D eigenvalue weighted by molar-refractivity contribution is 9.11. The zero-order chi connectivity index (χ0) is 12.5. The van der Waals surface area contributed by atoms with E-state index in [9.17, 15) is 4.79 Å². The number of aromatic nitrogens is 1. The maximum Gasteiger partial charge on any atom is 0.181 e. The van der Waals surface area contributed by atoms with Crippen LogP contribution in [-0.2, 0) is 6.42 Å². The van der Waals surface area contributed by atoms with E-state index in [-0.39, 0.29) is 11.7 Å². The molecule has 2 nitrogen and oxygen atoms in total. The SMILES string of the molecule is O=C(c1ccc(Br)s1)C1CCCc2cccnc21. The molecule has 0 bridgehead atoms. The third kappa shape index (κ3) is 2.15. The predicted octanol–water partition coefficient (Wildman–Crippen LogP) is 4.21. The van der Waals surface area contributed by atoms with Gasteiger partial charge in [-0.2, -0.15) is 0 Å². The number of hydrogen-bond acceptors (Lipinski definition) is 3. The van der Waals surface area contributed by atoms with Crippen LogP contribution in [0.4, 0.5) is 0 Å². The molecule has 0 amide bonds. The lowest BCUT2D eigenvalue weighted by Crippen LogP contribution is -2.19. The first-order valence-electron chi connectivity index (χ1n) is 5.99. The summed E-state index contributed by atoms with van der Waals surface area (Å²) in [6.45, 7) is 0. The van der Waals surface area contributed by atoms with Crippen molar-refractivity contribution in [3.63, 3.8) is 0 Å². The number of Topliss-reactive ketones (excluding diaryl/α,β-unsaturated/α-hetero) is 1. The molecule has 1 aliphatic carbocycles. The van der Waals surface area contributed by atoms with Crippen molar-refractivity contribution in [3.8, 4) is 0 Å². The van der Waals surface area contributed by atoms with Crippen LogP contribution in [0.15, 0.2) is 34.2 Å². The van der Waals surface area contributed by atoms with Crippen LogP contribution in [0, 0.1) is 0 Å². The van der Waals surface area contributed by atoms with Gasteiger partial charge in [0.15, 0.2) is 5.78 Å². The number of thiophene rings is 1. The Kier molecular flexibility index (Phi) is 3.31. The lowest BCUT2D eigenvalue weighted by atomic mass is 9.83. The van der Waals surface area contributed by atoms with Crippen LogP contribution in [0.25, 0.3) is 0 Å². The van der Waals surface area contributed by atoms with Crippen LogP contribution in [0.3, 0.4) is 0 Å². The number of ketones is 1. The summed E-state index contributed by atoms with van der Waals surface area (Å²) < 4.78 is 1.00. The summed E-state index contributed by atoms with van der Waals surface area (Å²) >= 11 is 4.91. The van der Waals surface area contributed by atoms with Gasteiger partial charge in [-0.05, 0) is 59.0 Å². The van der Waals surface area contributed by atoms with Crippen LogP contribution in [0.2, 0.25) is 0 Å². The number of carbonyl (C=O) groups is 1. The molecule has 0 fully saturated rings. The predicted molar refractivity (Wildman–Crippen MR) is 76.3 cm³/mol. The first kappa shape index (κ1) is 12.1. The van der Waals surface area contributed by atoms with Gasteiger partial charge in [-0.3, -0.25) is 9.78 Å². The summed E-state index contributed by atoms with van der Waals surface area (Å²) in [5.41, 5.74) is 2.22. The van der Waals surface area contributed by atoms with Gasteiger partial charge in [0.25, 0.3) is 0 Å². The Morgan fingerprint density at radius 1 is 1.39 bits per heavy atom. The van der Waals surface area contributed by atoms with E-state index in [4.69, 9.17) is 0 Å². The third-order valence-corrected chi connectivity index (χ3v) is 4.97. The standard InChI is InChI=1S/C14H12BrNOS/c15-12-7-6-11(18-12)14(17)10-5-1-3-9-4-2-8-16-13(9)10/h2,4,6-8,10H,1,3,5H2. The van der Waals surface area contributed by atoms with Crippen LogP contribution in [0.1, 0.15) is 39.7 Å². The van der Waals surface area contributed by atoms with Crippen LogP contribution < -0.4 is 0 Å². The molecule has 0 saturated heterocycles. The van der Waals surface area contributed by atoms with Crippen molar-refractivity contribution in [1.29, 1.82) is 0 Å². The highest BCUT2D eigenvalue weighted by Gasteiger charge is 2.29. The van der Waals surface area contributed by atoms with E-state index in [2.05, 4.69) is 27.0 Å². The normalized spacial score (nSPS) is 18.4. The van der Waals surface area contributed by atoms with Gasteiger partial charge in [-0.15, -0.1) is 11.3 Å². The van der Waals surface area contributed by atoms with E-state index in [1.807, 2.05) is 18.2 Å². The fourth-order valence-electron chi connectivity index (χ4n) is 2.48. The zero-order valence-corrected chi connectivity index (χ0v) is 12.1. The molecule has 2 heterocycles. The first-order chi connectivity index (χ1) is 8.75. The van der Waals surface area contributed by atoms with Crippen molar-refractivity contribution in [2.45, 2.75) is 25.2 Å². The molecule has 0 aliphatic heterocycles. The monoisotopic (exact) mass is 321 g/mol. The molecule has 2 aromatic rings. The van der Waals surface area contributed by atoms with E-state index in [1.54, 1.807) is 6.20 Å². The molecule has 18 heavy (non-hydrogen) atoms. The minimum absolute atomic E-state index is 0.0551. The molecule has 0 saturated carbocycles. The first-order valence-corrected chi connectivity index (χ1v) is 7.60. The van der Waals surface area contributed by atoms with Gasteiger partial charge < -0.3 is 0 Å². The number of pyridine rings is 1. The lowest BCUT2D eigenvalue weighted by Gasteiger charge is -2.22. The summed E-state index contributed by atoms with van der Waals surface area (Å²) in [5, 5.41) is 0. The topological polar surface area (TPSA) is 30.0 Å². The van der Waals surface area contributed by atoms with E-state index in [1.165, 1.54) is 16.9 Å². The van der Waals surface area contributed by atoms with Crippen LogP contribution in [-0.4, -0.2) is 10.8 Å². The summed E-state index contributed by atoms with van der Waals surface area (Å²) in [4.78, 5) is 17.8. The van der Waals surface area contributed by atoms with Crippen molar-refractivity contribution < 1.29 is 4.79 Å². The highest BCUT2D eigenvalue weighted by atomic mass is 79.9. The third-order valence-electron chi connectivity index (χ3n) is 3.33. The van der Waals surface area contributed by atoms with Crippen molar-refractivity contribution in [3.05, 3.63) is 50.4 Å². The molecule has 2 aromatic heterocycles. The van der Waals surface area contributed by atoms with Gasteiger partial charge in [0.1, 0.15) is 0 Å². The number of fused-ring (bicyclic) bond motifs is 1. The second-order valence-electron chi connectivity index (χ2n) is 4.46. The van der Waals surface area contributed by atoms with Crippen LogP contribution >= 0.6 is 27.3 Å². The minimum atomic E-state index is -0.0551. The Morgan fingerprint density at radius 2 is 2.28 bits per heavy atom. The Hall–Kier alpha value is -1.00. The average molecular weight is 322 g/mol. The fourth-order valence-corrected chi connectivity index (χ4v) is 3.86. The molecule has 0 N–H and O–H groups in total. The summed E-state index contributed by atoms with van der Waals surface area (Å²) in [7, 11) is 0. The summed E-state index contributed by atoms with van der Waals surface area (Å²) in [5.74, 6) is 0.158. The molecule has 4 heteroatoms. The molecule has 1 unspecified atom stereocenters. The molecular weight excluding hydrogens is 310 g/mol. The molecule has 1 atom stereocenters.